The van der Waals surface area contributed by atoms with Crippen molar-refractivity contribution in [2.75, 3.05) is 0 Å². The van der Waals surface area contributed by atoms with E-state index in [1.807, 2.05) is 0 Å². The molecule has 0 amide bonds. The molecule has 0 aromatic heterocycles. The van der Waals surface area contributed by atoms with Crippen LogP contribution in [0.5, 0.6) is 0 Å². The van der Waals surface area contributed by atoms with Crippen molar-refractivity contribution in [3.63, 3.8) is 0 Å². The van der Waals surface area contributed by atoms with E-state index in [0.717, 1.165) is 12.8 Å². The van der Waals surface area contributed by atoms with E-state index < -0.39 is 0 Å². The van der Waals surface area contributed by atoms with Crippen LogP contribution in [0.2, 0.25) is 0 Å². The highest BCUT2D eigenvalue weighted by Gasteiger charge is 2.35. The molecule has 0 aromatic rings. The Morgan fingerprint density at radius 3 is 1.37 bits per heavy atom. The van der Waals surface area contributed by atoms with Crippen molar-refractivity contribution in [1.29, 1.82) is 0 Å². The Bertz CT molecular complexity index is 651. The number of nitrogens with zero attached hydrogens (tertiary/aromatic N) is 2. The van der Waals surface area contributed by atoms with Gasteiger partial charge in [-0.3, -0.25) is 0 Å². The normalized spacial score (nSPS) is 27.9. The first-order valence-corrected chi connectivity index (χ1v) is 10.6. The minimum absolute atomic E-state index is 0.231. The SMILES string of the molecule is CC(C)C1=CC=CC(N=C=NC2(C(C)C)C=CC=C(C(C)C)C2)(C(C)C)C1. The molecule has 0 saturated carbocycles. The van der Waals surface area contributed by atoms with Gasteiger partial charge in [0.05, 0.1) is 17.1 Å². The van der Waals surface area contributed by atoms with Crippen LogP contribution in [0.3, 0.4) is 0 Å². The lowest BCUT2D eigenvalue weighted by atomic mass is 9.76. The molecule has 2 atom stereocenters. The second kappa shape index (κ2) is 8.57. The number of aliphatic imine (C=N–C) groups is 2. The van der Waals surface area contributed by atoms with Gasteiger partial charge in [-0.05, 0) is 36.5 Å². The van der Waals surface area contributed by atoms with Crippen molar-refractivity contribution >= 4 is 6.01 Å². The van der Waals surface area contributed by atoms with Gasteiger partial charge < -0.3 is 0 Å². The van der Waals surface area contributed by atoms with E-state index in [1.165, 1.54) is 11.1 Å². The summed E-state index contributed by atoms with van der Waals surface area (Å²) in [6.07, 6.45) is 15.2. The van der Waals surface area contributed by atoms with E-state index in [-0.39, 0.29) is 11.1 Å². The average molecular weight is 367 g/mol. The fourth-order valence-electron chi connectivity index (χ4n) is 3.78. The molecule has 0 bridgehead atoms. The van der Waals surface area contributed by atoms with Crippen LogP contribution in [0.1, 0.15) is 68.2 Å². The van der Waals surface area contributed by atoms with Gasteiger partial charge in [-0.15, -0.1) is 0 Å². The van der Waals surface area contributed by atoms with Gasteiger partial charge >= 0.3 is 0 Å². The standard InChI is InChI=1S/C25H38N2/c1-18(2)22-11-9-13-24(15-22,20(5)6)26-17-27-25(21(7)8)14-10-12-23(16-25)19(3)4/h9-14,18-21H,15-16H2,1-8H3. The summed E-state index contributed by atoms with van der Waals surface area (Å²) in [6.45, 7) is 18.0. The van der Waals surface area contributed by atoms with Crippen molar-refractivity contribution in [1.82, 2.24) is 0 Å². The summed E-state index contributed by atoms with van der Waals surface area (Å²) in [5.74, 6) is 1.90. The second-order valence-electron chi connectivity index (χ2n) is 9.48. The Morgan fingerprint density at radius 2 is 1.07 bits per heavy atom. The molecule has 0 aliphatic heterocycles. The fourth-order valence-corrected chi connectivity index (χ4v) is 3.78. The van der Waals surface area contributed by atoms with Crippen LogP contribution < -0.4 is 0 Å². The van der Waals surface area contributed by atoms with Crippen LogP contribution in [0, 0.1) is 23.7 Å². The van der Waals surface area contributed by atoms with Crippen molar-refractivity contribution < 1.29 is 0 Å². The molecule has 2 unspecified atom stereocenters. The molecule has 2 nitrogen and oxygen atoms in total. The molecular weight excluding hydrogens is 328 g/mol. The first-order chi connectivity index (χ1) is 12.6. The highest BCUT2D eigenvalue weighted by atomic mass is 14.9. The average Bonchev–Trinajstić information content (AvgIpc) is 2.61. The lowest BCUT2D eigenvalue weighted by molar-refractivity contribution is 0.364. The van der Waals surface area contributed by atoms with Gasteiger partial charge in [0, 0.05) is 0 Å². The minimum atomic E-state index is -0.231. The second-order valence-corrected chi connectivity index (χ2v) is 9.48. The van der Waals surface area contributed by atoms with Crippen LogP contribution >= 0.6 is 0 Å². The highest BCUT2D eigenvalue weighted by Crippen LogP contribution is 2.38. The molecule has 0 N–H and O–H groups in total. The van der Waals surface area contributed by atoms with Gasteiger partial charge in [0.1, 0.15) is 0 Å². The smallest absolute Gasteiger partial charge is 0.0960 e. The number of hydrogen-bond donors (Lipinski definition) is 0. The molecule has 0 radical (unpaired) electrons. The van der Waals surface area contributed by atoms with E-state index in [0.29, 0.717) is 23.7 Å². The molecule has 0 heterocycles. The Kier molecular flexibility index (Phi) is 6.87. The van der Waals surface area contributed by atoms with E-state index in [4.69, 9.17) is 9.98 Å². The van der Waals surface area contributed by atoms with Gasteiger partial charge in [-0.25, -0.2) is 9.98 Å². The molecule has 2 aliphatic carbocycles. The zero-order chi connectivity index (χ0) is 20.2. The van der Waals surface area contributed by atoms with E-state index in [1.54, 1.807) is 0 Å². The molecule has 27 heavy (non-hydrogen) atoms. The van der Waals surface area contributed by atoms with Crippen LogP contribution in [0.25, 0.3) is 0 Å². The minimum Gasteiger partial charge on any atom is -0.214 e. The Balaban J connectivity index is 2.36. The van der Waals surface area contributed by atoms with Crippen molar-refractivity contribution in [2.24, 2.45) is 33.7 Å². The molecule has 0 fully saturated rings. The molecule has 2 heteroatoms. The predicted molar refractivity (Wildman–Crippen MR) is 118 cm³/mol. The van der Waals surface area contributed by atoms with E-state index >= 15 is 0 Å². The number of rotatable bonds is 6. The largest absolute Gasteiger partial charge is 0.214 e. The first kappa shape index (κ1) is 21.6. The van der Waals surface area contributed by atoms with Gasteiger partial charge in [-0.1, -0.05) is 103 Å². The summed E-state index contributed by atoms with van der Waals surface area (Å²) < 4.78 is 0. The molecule has 2 aliphatic rings. The zero-order valence-corrected chi connectivity index (χ0v) is 18.6. The summed E-state index contributed by atoms with van der Waals surface area (Å²) >= 11 is 0. The maximum absolute atomic E-state index is 4.94. The zero-order valence-electron chi connectivity index (χ0n) is 18.6. The summed E-state index contributed by atoms with van der Waals surface area (Å²) in [4.78, 5) is 9.88. The maximum atomic E-state index is 4.94. The lowest BCUT2D eigenvalue weighted by Gasteiger charge is -2.35. The Hall–Kier alpha value is -1.66. The summed E-state index contributed by atoms with van der Waals surface area (Å²) in [5.41, 5.74) is 2.45. The molecule has 148 valence electrons. The van der Waals surface area contributed by atoms with Crippen molar-refractivity contribution in [2.45, 2.75) is 79.3 Å². The number of hydrogen-bond acceptors (Lipinski definition) is 2. The van der Waals surface area contributed by atoms with Crippen molar-refractivity contribution in [3.05, 3.63) is 47.6 Å². The summed E-state index contributed by atoms with van der Waals surface area (Å²) in [7, 11) is 0. The van der Waals surface area contributed by atoms with Crippen LogP contribution in [-0.4, -0.2) is 17.1 Å². The van der Waals surface area contributed by atoms with Crippen LogP contribution in [0.4, 0.5) is 0 Å². The highest BCUT2D eigenvalue weighted by molar-refractivity contribution is 5.48. The molecule has 0 saturated heterocycles. The third-order valence-electron chi connectivity index (χ3n) is 6.36. The van der Waals surface area contributed by atoms with E-state index in [2.05, 4.69) is 97.9 Å². The van der Waals surface area contributed by atoms with Gasteiger partial charge in [0.15, 0.2) is 0 Å². The Labute approximate surface area is 167 Å². The molecular formula is C25H38N2. The fraction of sp³-hybridized carbons (Fsp3) is 0.640. The topological polar surface area (TPSA) is 24.7 Å². The molecule has 0 aromatic carbocycles. The quantitative estimate of drug-likeness (QED) is 0.451. The van der Waals surface area contributed by atoms with Crippen LogP contribution in [-0.2, 0) is 0 Å². The molecule has 2 rings (SSSR count). The predicted octanol–water partition coefficient (Wildman–Crippen LogP) is 7.03. The molecule has 0 spiro atoms. The maximum Gasteiger partial charge on any atom is 0.0960 e. The first-order valence-electron chi connectivity index (χ1n) is 10.6. The lowest BCUT2D eigenvalue weighted by Crippen LogP contribution is -2.35. The Morgan fingerprint density at radius 1 is 0.704 bits per heavy atom. The monoisotopic (exact) mass is 366 g/mol. The number of allylic oxidation sites excluding steroid dienone is 4. The van der Waals surface area contributed by atoms with E-state index in [9.17, 15) is 0 Å². The summed E-state index contributed by atoms with van der Waals surface area (Å²) in [6, 6.07) is 3.18. The van der Waals surface area contributed by atoms with Gasteiger partial charge in [-0.2, -0.15) is 0 Å². The van der Waals surface area contributed by atoms with Gasteiger partial charge in [0.2, 0.25) is 0 Å². The van der Waals surface area contributed by atoms with Crippen molar-refractivity contribution in [3.8, 4) is 0 Å². The van der Waals surface area contributed by atoms with Crippen LogP contribution in [0.15, 0.2) is 57.6 Å². The van der Waals surface area contributed by atoms with Gasteiger partial charge in [0.25, 0.3) is 0 Å². The summed E-state index contributed by atoms with van der Waals surface area (Å²) in [5, 5.41) is 0. The third kappa shape index (κ3) is 4.79. The third-order valence-corrected chi connectivity index (χ3v) is 6.36.